The number of hydrogen-bond donors (Lipinski definition) is 3. The van der Waals surface area contributed by atoms with Crippen LogP contribution in [0.25, 0.3) is 32.2 Å². The van der Waals surface area contributed by atoms with Gasteiger partial charge in [-0.05, 0) is 37.6 Å². The summed E-state index contributed by atoms with van der Waals surface area (Å²) in [5.74, 6) is -5.10. The molecule has 1 unspecified atom stereocenters. The van der Waals surface area contributed by atoms with Gasteiger partial charge in [0.25, 0.3) is 5.92 Å². The zero-order valence-electron chi connectivity index (χ0n) is 22.3. The van der Waals surface area contributed by atoms with Gasteiger partial charge in [-0.25, -0.2) is 22.5 Å². The van der Waals surface area contributed by atoms with Crippen LogP contribution in [0.4, 0.5) is 41.7 Å². The lowest BCUT2D eigenvalue weighted by Gasteiger charge is -2.31. The highest BCUT2D eigenvalue weighted by Gasteiger charge is 2.57. The number of hydrogen-bond acceptors (Lipinski definition) is 9. The first-order valence-corrected chi connectivity index (χ1v) is 14.3. The minimum absolute atomic E-state index is 0.0952. The van der Waals surface area contributed by atoms with E-state index in [-0.39, 0.29) is 50.8 Å². The molecule has 5 heterocycles. The molecule has 16 heteroatoms. The van der Waals surface area contributed by atoms with Gasteiger partial charge in [0, 0.05) is 36.0 Å². The number of rotatable bonds is 6. The fraction of sp³-hybridized carbons (Fsp3) is 0.444. The van der Waals surface area contributed by atoms with Crippen molar-refractivity contribution in [3.8, 4) is 17.1 Å². The smallest absolute Gasteiger partial charge is 0.417 e. The molecule has 3 fully saturated rings. The summed E-state index contributed by atoms with van der Waals surface area (Å²) in [6.45, 7) is 0.845. The summed E-state index contributed by atoms with van der Waals surface area (Å²) in [4.78, 5) is 14.1. The molecule has 1 atom stereocenters. The molecule has 4 aromatic rings. The Morgan fingerprint density at radius 2 is 1.93 bits per heavy atom. The number of alkyl halides is 5. The number of halogens is 7. The van der Waals surface area contributed by atoms with E-state index in [1.54, 1.807) is 4.90 Å². The number of nitrogens with two attached hydrogens (primary N) is 1. The maximum absolute atomic E-state index is 16.5. The van der Waals surface area contributed by atoms with E-state index in [2.05, 4.69) is 25.6 Å². The maximum atomic E-state index is 16.5. The lowest BCUT2D eigenvalue weighted by Crippen LogP contribution is -2.51. The normalized spacial score (nSPS) is 22.3. The Bertz CT molecular complexity index is 1760. The third-order valence-corrected chi connectivity index (χ3v) is 9.23. The third kappa shape index (κ3) is 4.79. The highest BCUT2D eigenvalue weighted by molar-refractivity contribution is 7.22. The summed E-state index contributed by atoms with van der Waals surface area (Å²) < 4.78 is 109. The average molecular weight is 628 g/mol. The summed E-state index contributed by atoms with van der Waals surface area (Å²) in [6, 6.07) is 2.10. The van der Waals surface area contributed by atoms with Crippen molar-refractivity contribution in [3.05, 3.63) is 35.4 Å². The standard InChI is InChI=1S/C27H24F7N7OS/c28-16-3-2-13(20-21(16)43-23(35)38-20)17-15(27(32,33)34)6-14-19(18(17)29)39-24(40-22(14)37-12-7-36-8-12)42-11-25-4-1-5-41(25)10-26(30,31)9-25/h2-3,6,12,36H,1,4-5,7-11H2,(H2,35,38)(H,37,39,40). The van der Waals surface area contributed by atoms with Crippen LogP contribution in [-0.4, -0.2) is 70.1 Å². The molecule has 0 saturated carbocycles. The van der Waals surface area contributed by atoms with Gasteiger partial charge in [-0.2, -0.15) is 23.1 Å². The first-order chi connectivity index (χ1) is 20.3. The lowest BCUT2D eigenvalue weighted by molar-refractivity contribution is -0.137. The molecular formula is C27H24F7N7OS. The second-order valence-electron chi connectivity index (χ2n) is 11.3. The molecule has 43 heavy (non-hydrogen) atoms. The number of aromatic nitrogens is 3. The van der Waals surface area contributed by atoms with Gasteiger partial charge >= 0.3 is 12.2 Å². The molecule has 8 nitrogen and oxygen atoms in total. The van der Waals surface area contributed by atoms with Gasteiger partial charge in [-0.3, -0.25) is 4.90 Å². The van der Waals surface area contributed by atoms with Gasteiger partial charge in [0.15, 0.2) is 10.9 Å². The molecule has 0 aliphatic carbocycles. The second-order valence-corrected chi connectivity index (χ2v) is 12.3. The van der Waals surface area contributed by atoms with Gasteiger partial charge in [0.05, 0.1) is 33.9 Å². The first kappa shape index (κ1) is 28.3. The molecule has 0 amide bonds. The minimum Gasteiger partial charge on any atom is -0.461 e. The zero-order chi connectivity index (χ0) is 30.3. The summed E-state index contributed by atoms with van der Waals surface area (Å²) >= 11 is 0.726. The number of fused-ring (bicyclic) bond motifs is 3. The Morgan fingerprint density at radius 1 is 1.14 bits per heavy atom. The SMILES string of the molecule is Nc1nc2c(-c3c(C(F)(F)F)cc4c(NC5CNC5)nc(OCC56CCCN5CC(F)(F)C6)nc4c3F)ccc(F)c2s1. The van der Waals surface area contributed by atoms with E-state index in [0.717, 1.165) is 29.5 Å². The highest BCUT2D eigenvalue weighted by atomic mass is 32.1. The van der Waals surface area contributed by atoms with Crippen LogP contribution in [0.5, 0.6) is 6.01 Å². The zero-order valence-corrected chi connectivity index (χ0v) is 23.1. The van der Waals surface area contributed by atoms with Crippen LogP contribution in [0.2, 0.25) is 0 Å². The number of nitrogens with one attached hydrogen (secondary N) is 2. The van der Waals surface area contributed by atoms with E-state index in [1.807, 2.05) is 0 Å². The van der Waals surface area contributed by atoms with Crippen molar-refractivity contribution in [2.45, 2.75) is 42.9 Å². The van der Waals surface area contributed by atoms with Crippen LogP contribution in [0, 0.1) is 11.6 Å². The third-order valence-electron chi connectivity index (χ3n) is 8.34. The lowest BCUT2D eigenvalue weighted by atomic mass is 9.94. The number of nitrogen functional groups attached to an aromatic ring is 1. The van der Waals surface area contributed by atoms with Crippen LogP contribution >= 0.6 is 11.3 Å². The predicted molar refractivity (Wildman–Crippen MR) is 146 cm³/mol. The van der Waals surface area contributed by atoms with Crippen LogP contribution in [-0.2, 0) is 6.18 Å². The van der Waals surface area contributed by atoms with Crippen LogP contribution < -0.4 is 21.1 Å². The molecule has 228 valence electrons. The summed E-state index contributed by atoms with van der Waals surface area (Å²) in [7, 11) is 0. The van der Waals surface area contributed by atoms with Gasteiger partial charge in [-0.1, -0.05) is 11.3 Å². The van der Waals surface area contributed by atoms with Crippen LogP contribution in [0.15, 0.2) is 18.2 Å². The number of anilines is 2. The quantitative estimate of drug-likeness (QED) is 0.244. The second kappa shape index (κ2) is 9.75. The van der Waals surface area contributed by atoms with E-state index >= 15 is 4.39 Å². The van der Waals surface area contributed by atoms with Crippen molar-refractivity contribution in [2.24, 2.45) is 0 Å². The highest BCUT2D eigenvalue weighted by Crippen LogP contribution is 2.47. The average Bonchev–Trinajstić information content (AvgIpc) is 3.54. The molecule has 3 aliphatic rings. The summed E-state index contributed by atoms with van der Waals surface area (Å²) in [5.41, 5.74) is 1.53. The Balaban J connectivity index is 1.39. The summed E-state index contributed by atoms with van der Waals surface area (Å²) in [6.07, 6.45) is -4.29. The van der Waals surface area contributed by atoms with Crippen molar-refractivity contribution >= 4 is 43.4 Å². The number of nitrogens with zero attached hydrogens (tertiary/aromatic N) is 4. The fourth-order valence-electron chi connectivity index (χ4n) is 6.32. The van der Waals surface area contributed by atoms with Gasteiger partial charge in [0.1, 0.15) is 23.8 Å². The monoisotopic (exact) mass is 627 g/mol. The van der Waals surface area contributed by atoms with Crippen LogP contribution in [0.3, 0.4) is 0 Å². The molecule has 0 radical (unpaired) electrons. The maximum Gasteiger partial charge on any atom is 0.417 e. The Hall–Kier alpha value is -3.50. The predicted octanol–water partition coefficient (Wildman–Crippen LogP) is 5.42. The van der Waals surface area contributed by atoms with Gasteiger partial charge in [0.2, 0.25) is 0 Å². The molecule has 0 bridgehead atoms. The number of benzene rings is 2. The summed E-state index contributed by atoms with van der Waals surface area (Å²) in [5, 5.41) is 5.69. The molecule has 3 saturated heterocycles. The minimum atomic E-state index is -5.03. The fourth-order valence-corrected chi connectivity index (χ4v) is 7.08. The van der Waals surface area contributed by atoms with Crippen molar-refractivity contribution < 1.29 is 35.5 Å². The molecule has 3 aliphatic heterocycles. The first-order valence-electron chi connectivity index (χ1n) is 13.5. The van der Waals surface area contributed by atoms with Crippen molar-refractivity contribution in [3.63, 3.8) is 0 Å². The van der Waals surface area contributed by atoms with Gasteiger partial charge < -0.3 is 21.1 Å². The molecule has 2 aromatic heterocycles. The molecule has 2 aromatic carbocycles. The Kier molecular flexibility index (Phi) is 6.42. The van der Waals surface area contributed by atoms with Crippen LogP contribution in [0.1, 0.15) is 24.8 Å². The molecule has 0 spiro atoms. The largest absolute Gasteiger partial charge is 0.461 e. The Morgan fingerprint density at radius 3 is 2.65 bits per heavy atom. The molecular weight excluding hydrogens is 603 g/mol. The van der Waals surface area contributed by atoms with Crippen molar-refractivity contribution in [1.82, 2.24) is 25.2 Å². The van der Waals surface area contributed by atoms with Crippen molar-refractivity contribution in [1.29, 1.82) is 0 Å². The molecule has 4 N–H and O–H groups in total. The van der Waals surface area contributed by atoms with Crippen molar-refractivity contribution in [2.75, 3.05) is 43.8 Å². The van der Waals surface area contributed by atoms with E-state index in [9.17, 15) is 26.3 Å². The number of ether oxygens (including phenoxy) is 1. The van der Waals surface area contributed by atoms with E-state index < -0.39 is 58.9 Å². The molecule has 7 rings (SSSR count). The van der Waals surface area contributed by atoms with E-state index in [0.29, 0.717) is 32.5 Å². The van der Waals surface area contributed by atoms with E-state index in [4.69, 9.17) is 10.5 Å². The van der Waals surface area contributed by atoms with E-state index in [1.165, 1.54) is 0 Å². The van der Waals surface area contributed by atoms with Gasteiger partial charge in [-0.15, -0.1) is 0 Å². The number of thiazole rings is 1. The topological polar surface area (TPSA) is 101 Å². The Labute approximate surface area is 243 Å².